The first-order valence-electron chi connectivity index (χ1n) is 4.09. The van der Waals surface area contributed by atoms with Gasteiger partial charge in [-0.25, -0.2) is 0 Å². The van der Waals surface area contributed by atoms with E-state index in [9.17, 15) is 4.79 Å². The fourth-order valence-electron chi connectivity index (χ4n) is 0.734. The van der Waals surface area contributed by atoms with Gasteiger partial charge < -0.3 is 11.5 Å². The Morgan fingerprint density at radius 2 is 2.00 bits per heavy atom. The number of hydrogen-bond donors (Lipinski definition) is 2. The second-order valence-electron chi connectivity index (χ2n) is 2.69. The van der Waals surface area contributed by atoms with Crippen molar-refractivity contribution in [2.24, 2.45) is 11.5 Å². The molecule has 1 atom stereocenters. The predicted octanol–water partition coefficient (Wildman–Crippen LogP) is 1.24. The lowest BCUT2D eigenvalue weighted by Crippen LogP contribution is -2.38. The van der Waals surface area contributed by atoms with E-state index in [-0.39, 0.29) is 0 Å². The smallest absolute Gasteiger partial charge is 0.235 e. The number of nitrogens with two attached hydrogens (primary N) is 2. The fourth-order valence-corrected chi connectivity index (χ4v) is 2.90. The third kappa shape index (κ3) is 4.04. The molecule has 0 radical (unpaired) electrons. The molecule has 1 unspecified atom stereocenters. The summed E-state index contributed by atoms with van der Waals surface area (Å²) < 4.78 is 0. The minimum Gasteiger partial charge on any atom is -0.368 e. The Balaban J connectivity index is 2.26. The zero-order valence-corrected chi connectivity index (χ0v) is 9.18. The lowest BCUT2D eigenvalue weighted by atomic mass is 10.4. The third-order valence-electron chi connectivity index (χ3n) is 1.51. The SMILES string of the molecule is NC(=O)C(N)CSSc1ccccc1. The number of amides is 1. The Morgan fingerprint density at radius 1 is 1.36 bits per heavy atom. The molecule has 3 nitrogen and oxygen atoms in total. The van der Waals surface area contributed by atoms with Crippen molar-refractivity contribution in [2.45, 2.75) is 10.9 Å². The topological polar surface area (TPSA) is 69.1 Å². The summed E-state index contributed by atoms with van der Waals surface area (Å²) in [7, 11) is 3.13. The van der Waals surface area contributed by atoms with Crippen molar-refractivity contribution in [3.63, 3.8) is 0 Å². The zero-order chi connectivity index (χ0) is 10.4. The molecule has 0 fully saturated rings. The van der Waals surface area contributed by atoms with Crippen LogP contribution in [0, 0.1) is 0 Å². The maximum absolute atomic E-state index is 10.6. The van der Waals surface area contributed by atoms with Gasteiger partial charge >= 0.3 is 0 Å². The second-order valence-corrected chi connectivity index (χ2v) is 5.10. The van der Waals surface area contributed by atoms with Crippen molar-refractivity contribution in [2.75, 3.05) is 5.75 Å². The monoisotopic (exact) mass is 228 g/mol. The van der Waals surface area contributed by atoms with Crippen LogP contribution in [0.5, 0.6) is 0 Å². The van der Waals surface area contributed by atoms with Gasteiger partial charge in [0.25, 0.3) is 0 Å². The molecule has 1 rings (SSSR count). The number of primary amides is 1. The van der Waals surface area contributed by atoms with Gasteiger partial charge in [0.1, 0.15) is 0 Å². The number of carbonyl (C=O) groups is 1. The first-order chi connectivity index (χ1) is 6.70. The van der Waals surface area contributed by atoms with Gasteiger partial charge in [0.05, 0.1) is 6.04 Å². The number of benzene rings is 1. The van der Waals surface area contributed by atoms with Gasteiger partial charge in [-0.1, -0.05) is 39.8 Å². The molecular weight excluding hydrogens is 216 g/mol. The molecule has 76 valence electrons. The zero-order valence-electron chi connectivity index (χ0n) is 7.55. The van der Waals surface area contributed by atoms with Crippen LogP contribution in [0.25, 0.3) is 0 Å². The molecular formula is C9H12N2OS2. The van der Waals surface area contributed by atoms with Crippen LogP contribution in [0.2, 0.25) is 0 Å². The normalized spacial score (nSPS) is 12.4. The highest BCUT2D eigenvalue weighted by Gasteiger charge is 2.08. The van der Waals surface area contributed by atoms with Gasteiger partial charge in [-0.15, -0.1) is 0 Å². The molecule has 1 amide bonds. The van der Waals surface area contributed by atoms with Crippen LogP contribution < -0.4 is 11.5 Å². The molecule has 1 aromatic rings. The lowest BCUT2D eigenvalue weighted by Gasteiger charge is -2.05. The van der Waals surface area contributed by atoms with Gasteiger partial charge in [-0.3, -0.25) is 4.79 Å². The van der Waals surface area contributed by atoms with Crippen LogP contribution in [-0.4, -0.2) is 17.7 Å². The highest BCUT2D eigenvalue weighted by atomic mass is 33.1. The molecule has 0 spiro atoms. The van der Waals surface area contributed by atoms with E-state index in [4.69, 9.17) is 11.5 Å². The standard InChI is InChI=1S/C9H12N2OS2/c10-8(9(11)12)6-13-14-7-4-2-1-3-5-7/h1-5,8H,6,10H2,(H2,11,12). The van der Waals surface area contributed by atoms with Crippen LogP contribution in [0.4, 0.5) is 0 Å². The largest absolute Gasteiger partial charge is 0.368 e. The van der Waals surface area contributed by atoms with Crippen LogP contribution >= 0.6 is 21.6 Å². The van der Waals surface area contributed by atoms with Crippen LogP contribution in [0.1, 0.15) is 0 Å². The molecule has 1 aromatic carbocycles. The maximum Gasteiger partial charge on any atom is 0.235 e. The highest BCUT2D eigenvalue weighted by Crippen LogP contribution is 2.30. The molecule has 0 aliphatic rings. The summed E-state index contributed by atoms with van der Waals surface area (Å²) >= 11 is 0. The first-order valence-corrected chi connectivity index (χ1v) is 6.41. The van der Waals surface area contributed by atoms with Crippen molar-refractivity contribution in [3.8, 4) is 0 Å². The van der Waals surface area contributed by atoms with Gasteiger partial charge in [0, 0.05) is 10.6 Å². The number of carbonyl (C=O) groups excluding carboxylic acids is 1. The molecule has 0 heterocycles. The lowest BCUT2D eigenvalue weighted by molar-refractivity contribution is -0.118. The molecule has 0 aliphatic carbocycles. The van der Waals surface area contributed by atoms with E-state index < -0.39 is 11.9 Å². The molecule has 0 saturated carbocycles. The third-order valence-corrected chi connectivity index (χ3v) is 3.93. The average molecular weight is 228 g/mol. The quantitative estimate of drug-likeness (QED) is 0.744. The molecule has 0 aromatic heterocycles. The predicted molar refractivity (Wildman–Crippen MR) is 61.9 cm³/mol. The van der Waals surface area contributed by atoms with Crippen molar-refractivity contribution >= 4 is 27.5 Å². The fraction of sp³-hybridized carbons (Fsp3) is 0.222. The summed E-state index contributed by atoms with van der Waals surface area (Å²) in [6, 6.07) is 9.36. The van der Waals surface area contributed by atoms with Gasteiger partial charge in [-0.05, 0) is 12.1 Å². The van der Waals surface area contributed by atoms with E-state index in [1.807, 2.05) is 30.3 Å². The van der Waals surface area contributed by atoms with E-state index in [2.05, 4.69) is 0 Å². The van der Waals surface area contributed by atoms with E-state index >= 15 is 0 Å². The van der Waals surface area contributed by atoms with Crippen LogP contribution in [-0.2, 0) is 4.79 Å². The molecule has 0 aliphatic heterocycles. The maximum atomic E-state index is 10.6. The highest BCUT2D eigenvalue weighted by molar-refractivity contribution is 8.76. The summed E-state index contributed by atoms with van der Waals surface area (Å²) in [5.41, 5.74) is 10.5. The second kappa shape index (κ2) is 5.95. The van der Waals surface area contributed by atoms with Gasteiger partial charge in [0.15, 0.2) is 0 Å². The molecule has 5 heteroatoms. The summed E-state index contributed by atoms with van der Waals surface area (Å²) in [5, 5.41) is 0. The molecule has 0 bridgehead atoms. The Hall–Kier alpha value is -0.650. The average Bonchev–Trinajstić information content (AvgIpc) is 2.19. The minimum atomic E-state index is -0.559. The first kappa shape index (κ1) is 11.4. The number of rotatable bonds is 5. The Kier molecular flexibility index (Phi) is 4.86. The van der Waals surface area contributed by atoms with Crippen LogP contribution in [0.15, 0.2) is 35.2 Å². The minimum absolute atomic E-state index is 0.453. The Bertz CT molecular complexity index is 292. The van der Waals surface area contributed by atoms with Gasteiger partial charge in [0.2, 0.25) is 5.91 Å². The number of hydrogen-bond acceptors (Lipinski definition) is 4. The van der Waals surface area contributed by atoms with Crippen molar-refractivity contribution in [1.29, 1.82) is 0 Å². The van der Waals surface area contributed by atoms with E-state index in [1.54, 1.807) is 10.8 Å². The Labute approximate surface area is 91.0 Å². The van der Waals surface area contributed by atoms with Crippen molar-refractivity contribution in [3.05, 3.63) is 30.3 Å². The van der Waals surface area contributed by atoms with Crippen LogP contribution in [0.3, 0.4) is 0 Å². The molecule has 0 saturated heterocycles. The Morgan fingerprint density at radius 3 is 2.57 bits per heavy atom. The van der Waals surface area contributed by atoms with Crippen molar-refractivity contribution in [1.82, 2.24) is 0 Å². The molecule has 14 heavy (non-hydrogen) atoms. The molecule has 4 N–H and O–H groups in total. The summed E-state index contributed by atoms with van der Waals surface area (Å²) in [4.78, 5) is 11.8. The van der Waals surface area contributed by atoms with E-state index in [1.165, 1.54) is 10.8 Å². The van der Waals surface area contributed by atoms with Crippen molar-refractivity contribution < 1.29 is 4.79 Å². The summed E-state index contributed by atoms with van der Waals surface area (Å²) in [5.74, 6) is 0.0840. The summed E-state index contributed by atoms with van der Waals surface area (Å²) in [6.07, 6.45) is 0. The van der Waals surface area contributed by atoms with E-state index in [0.717, 1.165) is 4.90 Å². The van der Waals surface area contributed by atoms with Gasteiger partial charge in [-0.2, -0.15) is 0 Å². The summed E-state index contributed by atoms with van der Waals surface area (Å²) in [6.45, 7) is 0. The van der Waals surface area contributed by atoms with E-state index in [0.29, 0.717) is 5.75 Å².